The molecule has 1 aromatic heterocycles. The summed E-state index contributed by atoms with van der Waals surface area (Å²) in [5.41, 5.74) is 0.211. The Morgan fingerprint density at radius 3 is 2.71 bits per heavy atom. The first kappa shape index (κ1) is 17.1. The van der Waals surface area contributed by atoms with Gasteiger partial charge in [-0.2, -0.15) is 5.10 Å². The molecule has 132 valence electrons. The molecule has 2 fully saturated rings. The summed E-state index contributed by atoms with van der Waals surface area (Å²) in [6, 6.07) is 3.11. The summed E-state index contributed by atoms with van der Waals surface area (Å²) in [5, 5.41) is 4.11. The fourth-order valence-corrected chi connectivity index (χ4v) is 4.51. The van der Waals surface area contributed by atoms with Crippen LogP contribution < -0.4 is 5.56 Å². The van der Waals surface area contributed by atoms with Crippen LogP contribution in [-0.2, 0) is 11.8 Å². The molecule has 0 saturated heterocycles. The Kier molecular flexibility index (Phi) is 4.76. The number of carbonyl (C=O) groups is 1. The van der Waals surface area contributed by atoms with Crippen LogP contribution in [0.4, 0.5) is 0 Å². The number of aromatic nitrogens is 2. The van der Waals surface area contributed by atoms with Crippen molar-refractivity contribution in [1.29, 1.82) is 0 Å². The number of hydrogen-bond donors (Lipinski definition) is 0. The van der Waals surface area contributed by atoms with Crippen molar-refractivity contribution in [2.75, 3.05) is 13.7 Å². The van der Waals surface area contributed by atoms with Gasteiger partial charge in [-0.3, -0.25) is 9.59 Å². The Morgan fingerprint density at radius 2 is 2.08 bits per heavy atom. The van der Waals surface area contributed by atoms with E-state index >= 15 is 0 Å². The number of aryl methyl sites for hydroxylation is 1. The maximum absolute atomic E-state index is 12.8. The molecule has 1 amide bonds. The lowest BCUT2D eigenvalue weighted by Gasteiger charge is -2.60. The van der Waals surface area contributed by atoms with Crippen molar-refractivity contribution in [3.63, 3.8) is 0 Å². The fourth-order valence-electron chi connectivity index (χ4n) is 4.51. The molecule has 2 saturated carbocycles. The van der Waals surface area contributed by atoms with Crippen LogP contribution in [0.15, 0.2) is 16.9 Å². The molecule has 1 heterocycles. The van der Waals surface area contributed by atoms with E-state index in [9.17, 15) is 9.59 Å². The summed E-state index contributed by atoms with van der Waals surface area (Å²) in [4.78, 5) is 26.1. The lowest BCUT2D eigenvalue weighted by molar-refractivity contribution is -0.170. The van der Waals surface area contributed by atoms with E-state index in [1.165, 1.54) is 36.1 Å². The summed E-state index contributed by atoms with van der Waals surface area (Å²) >= 11 is 0. The van der Waals surface area contributed by atoms with Gasteiger partial charge in [-0.25, -0.2) is 4.68 Å². The molecule has 0 aromatic carbocycles. The average Bonchev–Trinajstić information content (AvgIpc) is 2.60. The second-order valence-electron chi connectivity index (χ2n) is 7.09. The van der Waals surface area contributed by atoms with Gasteiger partial charge >= 0.3 is 0 Å². The van der Waals surface area contributed by atoms with Gasteiger partial charge in [0.15, 0.2) is 0 Å². The number of rotatable bonds is 4. The Labute approximate surface area is 142 Å². The molecule has 0 aliphatic heterocycles. The summed E-state index contributed by atoms with van der Waals surface area (Å²) in [6.45, 7) is 2.76. The van der Waals surface area contributed by atoms with E-state index in [-0.39, 0.29) is 29.0 Å². The van der Waals surface area contributed by atoms with Crippen LogP contribution in [0.5, 0.6) is 0 Å². The molecule has 2 aliphatic carbocycles. The zero-order valence-corrected chi connectivity index (χ0v) is 14.8. The van der Waals surface area contributed by atoms with Crippen LogP contribution in [0.3, 0.4) is 0 Å². The predicted molar refractivity (Wildman–Crippen MR) is 90.9 cm³/mol. The molecule has 0 bridgehead atoms. The van der Waals surface area contributed by atoms with E-state index in [4.69, 9.17) is 4.74 Å². The molecule has 0 N–H and O–H groups in total. The molecule has 2 atom stereocenters. The highest BCUT2D eigenvalue weighted by molar-refractivity contribution is 5.92. The van der Waals surface area contributed by atoms with Gasteiger partial charge in [-0.15, -0.1) is 0 Å². The van der Waals surface area contributed by atoms with Gasteiger partial charge in [0, 0.05) is 38.2 Å². The van der Waals surface area contributed by atoms with Crippen molar-refractivity contribution in [3.05, 3.63) is 28.2 Å². The largest absolute Gasteiger partial charge is 0.378 e. The maximum atomic E-state index is 12.8. The standard InChI is InChI=1S/C18H27N3O3/c1-4-24-15-12-14(18(15)10-6-5-7-11-18)20(2)17(23)13-8-9-16(22)21(3)19-13/h8-9,14-15H,4-7,10-12H2,1-3H3/t14-,15-/m1/s1. The molecular weight excluding hydrogens is 306 g/mol. The van der Waals surface area contributed by atoms with Crippen molar-refractivity contribution >= 4 is 5.91 Å². The first-order valence-electron chi connectivity index (χ1n) is 8.92. The number of amides is 1. The Morgan fingerprint density at radius 1 is 1.38 bits per heavy atom. The first-order valence-corrected chi connectivity index (χ1v) is 8.92. The lowest BCUT2D eigenvalue weighted by atomic mass is 9.54. The fraction of sp³-hybridized carbons (Fsp3) is 0.722. The van der Waals surface area contributed by atoms with Crippen molar-refractivity contribution in [2.45, 2.75) is 57.6 Å². The average molecular weight is 333 g/mol. The molecule has 24 heavy (non-hydrogen) atoms. The van der Waals surface area contributed by atoms with E-state index in [0.29, 0.717) is 5.69 Å². The predicted octanol–water partition coefficient (Wildman–Crippen LogP) is 1.98. The van der Waals surface area contributed by atoms with Crippen molar-refractivity contribution in [2.24, 2.45) is 12.5 Å². The van der Waals surface area contributed by atoms with Crippen LogP contribution in [-0.4, -0.2) is 46.4 Å². The second kappa shape index (κ2) is 6.67. The maximum Gasteiger partial charge on any atom is 0.274 e. The second-order valence-corrected chi connectivity index (χ2v) is 7.09. The monoisotopic (exact) mass is 333 g/mol. The lowest BCUT2D eigenvalue weighted by Crippen LogP contribution is -2.65. The van der Waals surface area contributed by atoms with Crippen molar-refractivity contribution in [1.82, 2.24) is 14.7 Å². The minimum absolute atomic E-state index is 0.0966. The summed E-state index contributed by atoms with van der Waals surface area (Å²) in [7, 11) is 3.43. The van der Waals surface area contributed by atoms with Gasteiger partial charge in [0.25, 0.3) is 11.5 Å². The molecule has 0 radical (unpaired) electrons. The molecule has 3 rings (SSSR count). The van der Waals surface area contributed by atoms with Gasteiger partial charge < -0.3 is 9.64 Å². The molecule has 6 nitrogen and oxygen atoms in total. The third-order valence-corrected chi connectivity index (χ3v) is 5.86. The third kappa shape index (κ3) is 2.77. The van der Waals surface area contributed by atoms with E-state index in [2.05, 4.69) is 5.10 Å². The highest BCUT2D eigenvalue weighted by Crippen LogP contribution is 2.55. The summed E-state index contributed by atoms with van der Waals surface area (Å²) < 4.78 is 7.18. The molecule has 0 unspecified atom stereocenters. The number of nitrogens with zero attached hydrogens (tertiary/aromatic N) is 3. The minimum Gasteiger partial charge on any atom is -0.378 e. The normalized spacial score (nSPS) is 25.3. The smallest absolute Gasteiger partial charge is 0.274 e. The zero-order valence-electron chi connectivity index (χ0n) is 14.8. The van der Waals surface area contributed by atoms with Crippen LogP contribution in [0, 0.1) is 5.41 Å². The SMILES string of the molecule is CCO[C@@H]1C[C@@H](N(C)C(=O)c2ccc(=O)n(C)n2)C12CCCCC2. The van der Waals surface area contributed by atoms with Gasteiger partial charge in [-0.05, 0) is 32.3 Å². The Hall–Kier alpha value is -1.69. The van der Waals surface area contributed by atoms with Gasteiger partial charge in [0.05, 0.1) is 6.10 Å². The molecule has 6 heteroatoms. The van der Waals surface area contributed by atoms with Crippen LogP contribution in [0.25, 0.3) is 0 Å². The summed E-state index contributed by atoms with van der Waals surface area (Å²) in [6.07, 6.45) is 7.09. The highest BCUT2D eigenvalue weighted by Gasteiger charge is 2.57. The number of ether oxygens (including phenoxy) is 1. The van der Waals surface area contributed by atoms with Gasteiger partial charge in [-0.1, -0.05) is 19.3 Å². The number of carbonyl (C=O) groups excluding carboxylic acids is 1. The zero-order chi connectivity index (χ0) is 17.3. The van der Waals surface area contributed by atoms with E-state index < -0.39 is 0 Å². The summed E-state index contributed by atoms with van der Waals surface area (Å²) in [5.74, 6) is -0.115. The van der Waals surface area contributed by atoms with Crippen LogP contribution >= 0.6 is 0 Å². The van der Waals surface area contributed by atoms with Gasteiger partial charge in [0.1, 0.15) is 5.69 Å². The number of hydrogen-bond acceptors (Lipinski definition) is 4. The van der Waals surface area contributed by atoms with Crippen LogP contribution in [0.2, 0.25) is 0 Å². The van der Waals surface area contributed by atoms with Crippen LogP contribution in [0.1, 0.15) is 55.9 Å². The van der Waals surface area contributed by atoms with E-state index in [1.807, 2.05) is 18.9 Å². The Balaban J connectivity index is 1.80. The molecular formula is C18H27N3O3. The molecule has 2 aliphatic rings. The van der Waals surface area contributed by atoms with E-state index in [1.54, 1.807) is 7.05 Å². The van der Waals surface area contributed by atoms with E-state index in [0.717, 1.165) is 25.9 Å². The van der Waals surface area contributed by atoms with Gasteiger partial charge in [0.2, 0.25) is 0 Å². The molecule has 1 aromatic rings. The third-order valence-electron chi connectivity index (χ3n) is 5.86. The Bertz CT molecular complexity index is 664. The first-order chi connectivity index (χ1) is 11.5. The quantitative estimate of drug-likeness (QED) is 0.845. The van der Waals surface area contributed by atoms with Crippen molar-refractivity contribution < 1.29 is 9.53 Å². The van der Waals surface area contributed by atoms with Crippen molar-refractivity contribution in [3.8, 4) is 0 Å². The highest BCUT2D eigenvalue weighted by atomic mass is 16.5. The topological polar surface area (TPSA) is 64.4 Å². The minimum atomic E-state index is -0.210. The molecule has 1 spiro atoms.